The van der Waals surface area contributed by atoms with E-state index in [0.717, 1.165) is 13.0 Å². The Morgan fingerprint density at radius 1 is 1.28 bits per heavy atom. The third-order valence-electron chi connectivity index (χ3n) is 2.13. The van der Waals surface area contributed by atoms with Crippen molar-refractivity contribution in [3.63, 3.8) is 0 Å². The van der Waals surface area contributed by atoms with Crippen LogP contribution in [-0.4, -0.2) is 27.8 Å². The van der Waals surface area contributed by atoms with Crippen molar-refractivity contribution in [2.45, 2.75) is 13.3 Å². The van der Waals surface area contributed by atoms with Crippen molar-refractivity contribution < 1.29 is 9.32 Å². The van der Waals surface area contributed by atoms with Gasteiger partial charge in [-0.15, -0.1) is 10.2 Å². The molecule has 2 aromatic heterocycles. The molecule has 0 aliphatic rings. The summed E-state index contributed by atoms with van der Waals surface area (Å²) in [6.45, 7) is 2.87. The van der Waals surface area contributed by atoms with Crippen molar-refractivity contribution in [2.75, 3.05) is 17.2 Å². The second-order valence-corrected chi connectivity index (χ2v) is 3.57. The Kier molecular flexibility index (Phi) is 3.85. The molecule has 94 valence electrons. The number of carbonyl (C=O) groups is 1. The molecule has 2 rings (SSSR count). The second kappa shape index (κ2) is 5.76. The van der Waals surface area contributed by atoms with Crippen molar-refractivity contribution in [3.8, 4) is 0 Å². The van der Waals surface area contributed by atoms with Gasteiger partial charge in [-0.05, 0) is 18.6 Å². The summed E-state index contributed by atoms with van der Waals surface area (Å²) in [5, 5.41) is 16.9. The van der Waals surface area contributed by atoms with E-state index < -0.39 is 0 Å². The van der Waals surface area contributed by atoms with Crippen LogP contribution in [0.2, 0.25) is 0 Å². The largest absolute Gasteiger partial charge is 0.369 e. The van der Waals surface area contributed by atoms with Gasteiger partial charge in [-0.2, -0.15) is 0 Å². The average molecular weight is 247 g/mol. The molecule has 0 unspecified atom stereocenters. The van der Waals surface area contributed by atoms with Gasteiger partial charge in [0.15, 0.2) is 11.5 Å². The highest BCUT2D eigenvalue weighted by Crippen LogP contribution is 2.06. The molecular weight excluding hydrogens is 234 g/mol. The molecule has 2 N–H and O–H groups in total. The Morgan fingerprint density at radius 2 is 2.17 bits per heavy atom. The quantitative estimate of drug-likeness (QED) is 0.832. The predicted molar refractivity (Wildman–Crippen MR) is 65.3 cm³/mol. The van der Waals surface area contributed by atoms with E-state index in [2.05, 4.69) is 37.4 Å². The van der Waals surface area contributed by atoms with Crippen LogP contribution in [-0.2, 0) is 0 Å². The molecule has 0 spiro atoms. The molecule has 0 fully saturated rings. The molecule has 2 aromatic rings. The Hall–Kier alpha value is -2.44. The standard InChI is InChI=1S/C11H13N5O2/c1-2-6-12-9-4-3-8(14-15-9)11(17)13-10-5-7-18-16-10/h3-5,7H,2,6H2,1H3,(H,12,15)(H,13,16,17). The molecule has 0 aliphatic carbocycles. The summed E-state index contributed by atoms with van der Waals surface area (Å²) in [4.78, 5) is 11.7. The molecule has 0 aliphatic heterocycles. The lowest BCUT2D eigenvalue weighted by atomic mass is 10.3. The molecule has 7 nitrogen and oxygen atoms in total. The SMILES string of the molecule is CCCNc1ccc(C(=O)Nc2ccon2)nn1. The van der Waals surface area contributed by atoms with E-state index in [0.29, 0.717) is 11.6 Å². The molecule has 2 heterocycles. The summed E-state index contributed by atoms with van der Waals surface area (Å²) < 4.78 is 4.60. The molecule has 0 radical (unpaired) electrons. The third-order valence-corrected chi connectivity index (χ3v) is 2.13. The number of hydrogen-bond donors (Lipinski definition) is 2. The van der Waals surface area contributed by atoms with Crippen molar-refractivity contribution in [1.82, 2.24) is 15.4 Å². The first-order valence-corrected chi connectivity index (χ1v) is 5.59. The molecule has 0 aromatic carbocycles. The van der Waals surface area contributed by atoms with E-state index in [-0.39, 0.29) is 11.6 Å². The summed E-state index contributed by atoms with van der Waals surface area (Å²) in [5.41, 5.74) is 0.222. The monoisotopic (exact) mass is 247 g/mol. The Balaban J connectivity index is 1.98. The number of aromatic nitrogens is 3. The van der Waals surface area contributed by atoms with Gasteiger partial charge in [-0.3, -0.25) is 4.79 Å². The predicted octanol–water partition coefficient (Wildman–Crippen LogP) is 1.54. The van der Waals surface area contributed by atoms with Crippen LogP contribution < -0.4 is 10.6 Å². The maximum absolute atomic E-state index is 11.7. The Bertz CT molecular complexity index is 495. The van der Waals surface area contributed by atoms with Crippen molar-refractivity contribution in [3.05, 3.63) is 30.2 Å². The highest BCUT2D eigenvalue weighted by molar-refractivity contribution is 6.02. The van der Waals surface area contributed by atoms with E-state index in [9.17, 15) is 4.79 Å². The van der Waals surface area contributed by atoms with Crippen LogP contribution >= 0.6 is 0 Å². The number of carbonyl (C=O) groups excluding carboxylic acids is 1. The van der Waals surface area contributed by atoms with Gasteiger partial charge in [0, 0.05) is 12.6 Å². The van der Waals surface area contributed by atoms with E-state index >= 15 is 0 Å². The van der Waals surface area contributed by atoms with Gasteiger partial charge in [0.1, 0.15) is 12.1 Å². The number of amides is 1. The van der Waals surface area contributed by atoms with E-state index in [4.69, 9.17) is 0 Å². The first-order chi connectivity index (χ1) is 8.79. The number of nitrogens with one attached hydrogen (secondary N) is 2. The summed E-state index contributed by atoms with van der Waals surface area (Å²) in [5.74, 6) is 0.614. The van der Waals surface area contributed by atoms with Crippen LogP contribution in [0.25, 0.3) is 0 Å². The van der Waals surface area contributed by atoms with Crippen LogP contribution in [0.3, 0.4) is 0 Å². The van der Waals surface area contributed by atoms with Crippen LogP contribution in [0.1, 0.15) is 23.8 Å². The average Bonchev–Trinajstić information content (AvgIpc) is 2.89. The third kappa shape index (κ3) is 3.03. The van der Waals surface area contributed by atoms with Crippen molar-refractivity contribution in [1.29, 1.82) is 0 Å². The lowest BCUT2D eigenvalue weighted by Gasteiger charge is -2.03. The maximum Gasteiger partial charge on any atom is 0.277 e. The molecule has 0 saturated heterocycles. The van der Waals surface area contributed by atoms with Crippen molar-refractivity contribution in [2.24, 2.45) is 0 Å². The maximum atomic E-state index is 11.7. The van der Waals surface area contributed by atoms with Crippen LogP contribution in [0, 0.1) is 0 Å². The van der Waals surface area contributed by atoms with Gasteiger partial charge in [-0.25, -0.2) is 0 Å². The van der Waals surface area contributed by atoms with Crippen molar-refractivity contribution >= 4 is 17.5 Å². The Labute approximate surface area is 104 Å². The zero-order valence-corrected chi connectivity index (χ0v) is 9.88. The fourth-order valence-electron chi connectivity index (χ4n) is 1.26. The Morgan fingerprint density at radius 3 is 2.78 bits per heavy atom. The highest BCUT2D eigenvalue weighted by atomic mass is 16.5. The van der Waals surface area contributed by atoms with Gasteiger partial charge in [0.25, 0.3) is 5.91 Å². The molecule has 1 amide bonds. The molecular formula is C11H13N5O2. The minimum absolute atomic E-state index is 0.222. The lowest BCUT2D eigenvalue weighted by Crippen LogP contribution is -2.15. The molecule has 0 saturated carbocycles. The summed E-state index contributed by atoms with van der Waals surface area (Å²) >= 11 is 0. The van der Waals surface area contributed by atoms with Gasteiger partial charge in [0.2, 0.25) is 0 Å². The summed E-state index contributed by atoms with van der Waals surface area (Å²) in [6, 6.07) is 4.85. The highest BCUT2D eigenvalue weighted by Gasteiger charge is 2.09. The summed E-state index contributed by atoms with van der Waals surface area (Å²) in [6.07, 6.45) is 2.37. The van der Waals surface area contributed by atoms with E-state index in [1.807, 2.05) is 0 Å². The number of hydrogen-bond acceptors (Lipinski definition) is 6. The number of nitrogens with zero attached hydrogens (tertiary/aromatic N) is 3. The molecule has 18 heavy (non-hydrogen) atoms. The molecule has 7 heteroatoms. The van der Waals surface area contributed by atoms with Gasteiger partial charge in [0.05, 0.1) is 0 Å². The van der Waals surface area contributed by atoms with Gasteiger partial charge >= 0.3 is 0 Å². The minimum atomic E-state index is -0.376. The molecule has 0 bridgehead atoms. The fraction of sp³-hybridized carbons (Fsp3) is 0.273. The second-order valence-electron chi connectivity index (χ2n) is 3.57. The topological polar surface area (TPSA) is 92.9 Å². The van der Waals surface area contributed by atoms with E-state index in [1.165, 1.54) is 6.26 Å². The normalized spacial score (nSPS) is 10.1. The lowest BCUT2D eigenvalue weighted by molar-refractivity contribution is 0.102. The van der Waals surface area contributed by atoms with Gasteiger partial charge in [-0.1, -0.05) is 12.1 Å². The minimum Gasteiger partial charge on any atom is -0.369 e. The smallest absolute Gasteiger partial charge is 0.277 e. The fourth-order valence-corrected chi connectivity index (χ4v) is 1.26. The number of rotatable bonds is 5. The first-order valence-electron chi connectivity index (χ1n) is 5.59. The van der Waals surface area contributed by atoms with E-state index in [1.54, 1.807) is 18.2 Å². The van der Waals surface area contributed by atoms with Crippen LogP contribution in [0.15, 0.2) is 29.0 Å². The number of anilines is 2. The van der Waals surface area contributed by atoms with Crippen LogP contribution in [0.5, 0.6) is 0 Å². The zero-order chi connectivity index (χ0) is 12.8. The molecule has 0 atom stereocenters. The summed E-state index contributed by atoms with van der Waals surface area (Å²) in [7, 11) is 0. The van der Waals surface area contributed by atoms with Crippen LogP contribution in [0.4, 0.5) is 11.6 Å². The zero-order valence-electron chi connectivity index (χ0n) is 9.88. The van der Waals surface area contributed by atoms with Gasteiger partial charge < -0.3 is 15.2 Å². The first kappa shape index (κ1) is 12.0.